The van der Waals surface area contributed by atoms with Gasteiger partial charge in [-0.15, -0.1) is 20.3 Å². The van der Waals surface area contributed by atoms with Crippen LogP contribution >= 0.6 is 11.6 Å². The van der Waals surface area contributed by atoms with Crippen molar-refractivity contribution < 1.29 is 28.7 Å². The van der Waals surface area contributed by atoms with Crippen molar-refractivity contribution in [2.75, 3.05) is 6.61 Å². The lowest BCUT2D eigenvalue weighted by molar-refractivity contribution is -0.757. The van der Waals surface area contributed by atoms with E-state index in [4.69, 9.17) is 20.4 Å². The van der Waals surface area contributed by atoms with Crippen molar-refractivity contribution in [2.24, 2.45) is 0 Å². The van der Waals surface area contributed by atoms with Crippen LogP contribution in [-0.4, -0.2) is 48.3 Å². The van der Waals surface area contributed by atoms with Gasteiger partial charge in [-0.2, -0.15) is 5.21 Å². The highest BCUT2D eigenvalue weighted by molar-refractivity contribution is 6.31. The smallest absolute Gasteiger partial charge is 0.476 e. The molecule has 0 radical (unpaired) electrons. The average Bonchev–Trinajstić information content (AvgIpc) is 3.77. The van der Waals surface area contributed by atoms with E-state index in [9.17, 15) is 24.8 Å². The number of carbonyl (C=O) groups is 1. The molecule has 1 aliphatic heterocycles. The van der Waals surface area contributed by atoms with Gasteiger partial charge in [-0.3, -0.25) is 0 Å². The van der Waals surface area contributed by atoms with Crippen molar-refractivity contribution in [1.82, 2.24) is 30.8 Å². The number of carboxylic acids is 1. The zero-order chi connectivity index (χ0) is 32.7. The quantitative estimate of drug-likeness (QED) is 0.0635. The monoisotopic (exact) mass is 653 g/mol. The Bertz CT molecular complexity index is 1750. The van der Waals surface area contributed by atoms with Crippen LogP contribution in [0.25, 0.3) is 22.5 Å². The number of halogens is 1. The highest BCUT2D eigenvalue weighted by Crippen LogP contribution is 2.44. The fourth-order valence-electron chi connectivity index (χ4n) is 5.63. The molecular weight excluding hydrogens is 622 g/mol. The number of nitrogens with one attached hydrogen (secondary N) is 2. The van der Waals surface area contributed by atoms with Crippen LogP contribution in [0.2, 0.25) is 0 Å². The van der Waals surface area contributed by atoms with E-state index in [-0.39, 0.29) is 41.9 Å². The Labute approximate surface area is 267 Å². The summed E-state index contributed by atoms with van der Waals surface area (Å²) in [6.07, 6.45) is 3.52. The average molecular weight is 654 g/mol. The van der Waals surface area contributed by atoms with E-state index in [1.165, 1.54) is 0 Å². The minimum absolute atomic E-state index is 0.0477. The van der Waals surface area contributed by atoms with E-state index in [1.807, 2.05) is 55.5 Å². The van der Waals surface area contributed by atoms with E-state index in [0.29, 0.717) is 37.9 Å². The molecular formula is C30H32ClN7O8. The number of aliphatic carboxylic acids is 1. The Morgan fingerprint density at radius 3 is 2.54 bits per heavy atom. The third-order valence-electron chi connectivity index (χ3n) is 7.73. The van der Waals surface area contributed by atoms with Crippen molar-refractivity contribution in [3.05, 3.63) is 97.2 Å². The summed E-state index contributed by atoms with van der Waals surface area (Å²) in [6.45, 7) is 2.05. The molecule has 3 heterocycles. The number of rotatable bonds is 16. The molecule has 0 saturated carbocycles. The molecule has 4 aromatic rings. The lowest BCUT2D eigenvalue weighted by Crippen LogP contribution is -2.50. The molecule has 0 aliphatic carbocycles. The Morgan fingerprint density at radius 2 is 1.87 bits per heavy atom. The van der Waals surface area contributed by atoms with Crippen molar-refractivity contribution in [3.8, 4) is 22.5 Å². The van der Waals surface area contributed by atoms with Crippen LogP contribution in [0.3, 0.4) is 0 Å². The molecule has 0 spiro atoms. The van der Waals surface area contributed by atoms with Gasteiger partial charge in [0.05, 0.1) is 6.61 Å². The molecule has 1 unspecified atom stereocenters. The summed E-state index contributed by atoms with van der Waals surface area (Å²) >= 11 is 6.57. The topological polar surface area (TPSA) is 203 Å². The molecule has 242 valence electrons. The summed E-state index contributed by atoms with van der Waals surface area (Å²) in [5.41, 5.74) is 1.84. The maximum Gasteiger partial charge on any atom is 0.519 e. The third-order valence-corrected chi connectivity index (χ3v) is 8.01. The van der Waals surface area contributed by atoms with Crippen LogP contribution < -0.4 is 11.1 Å². The first-order valence-electron chi connectivity index (χ1n) is 14.7. The molecule has 1 atom stereocenters. The Kier molecular flexibility index (Phi) is 10.0. The standard InChI is InChI=1S/C30H32ClN7O8/c1-2-3-16-30(25-23(45-29(41)46-25)11-5-4-8-17-44-38(42)43)32-26(31)24(28(39)40)37(30)18-19-12-14-20(15-13-19)21-9-6-7-10-22(21)27-33-35-36-34-27/h6-7,9-10,12-15,32H,2-5,8,11,16-18H2,1H3,(H,39,40)(H,33,34,35,36). The fraction of sp³-hybridized carbons (Fsp3) is 0.367. The summed E-state index contributed by atoms with van der Waals surface area (Å²) in [4.78, 5) is 41.5. The number of aryl methyl sites for hydroxylation is 1. The van der Waals surface area contributed by atoms with E-state index >= 15 is 0 Å². The minimum Gasteiger partial charge on any atom is -0.476 e. The van der Waals surface area contributed by atoms with Gasteiger partial charge in [0.1, 0.15) is 5.16 Å². The molecule has 15 nitrogen and oxygen atoms in total. The highest BCUT2D eigenvalue weighted by Gasteiger charge is 2.52. The maximum atomic E-state index is 12.6. The summed E-state index contributed by atoms with van der Waals surface area (Å²) in [7, 11) is 0. The van der Waals surface area contributed by atoms with Crippen LogP contribution in [0.1, 0.15) is 62.5 Å². The van der Waals surface area contributed by atoms with Gasteiger partial charge in [-0.1, -0.05) is 79.9 Å². The number of aromatic amines is 1. The summed E-state index contributed by atoms with van der Waals surface area (Å²) in [6, 6.07) is 15.3. The van der Waals surface area contributed by atoms with Gasteiger partial charge in [0.2, 0.25) is 5.82 Å². The number of tetrazole rings is 1. The first kappa shape index (κ1) is 32.2. The highest BCUT2D eigenvalue weighted by atomic mass is 35.5. The Morgan fingerprint density at radius 1 is 1.11 bits per heavy atom. The predicted molar refractivity (Wildman–Crippen MR) is 163 cm³/mol. The molecule has 2 aromatic carbocycles. The third kappa shape index (κ3) is 6.88. The molecule has 2 aromatic heterocycles. The number of aromatic nitrogens is 4. The second kappa shape index (κ2) is 14.3. The summed E-state index contributed by atoms with van der Waals surface area (Å²) in [5.74, 6) is -1.33. The molecule has 16 heteroatoms. The number of unbranched alkanes of at least 4 members (excludes halogenated alkanes) is 3. The molecule has 1 aliphatic rings. The predicted octanol–water partition coefficient (Wildman–Crippen LogP) is 4.94. The molecule has 0 saturated heterocycles. The van der Waals surface area contributed by atoms with Crippen molar-refractivity contribution in [3.63, 3.8) is 0 Å². The van der Waals surface area contributed by atoms with Gasteiger partial charge < -0.3 is 29.0 Å². The van der Waals surface area contributed by atoms with Crippen LogP contribution in [0, 0.1) is 10.1 Å². The Hall–Kier alpha value is -5.18. The number of hydrogen-bond donors (Lipinski definition) is 3. The lowest BCUT2D eigenvalue weighted by atomic mass is 9.94. The molecule has 5 rings (SSSR count). The summed E-state index contributed by atoms with van der Waals surface area (Å²) in [5, 5.41) is 37.2. The van der Waals surface area contributed by atoms with E-state index in [2.05, 4.69) is 30.8 Å². The maximum absolute atomic E-state index is 12.6. The molecule has 0 amide bonds. The number of benzene rings is 2. The fourth-order valence-corrected chi connectivity index (χ4v) is 5.97. The van der Waals surface area contributed by atoms with Gasteiger partial charge in [0.25, 0.3) is 5.09 Å². The SMILES string of the molecule is CCCCC1(c2oc(=O)oc2CCCCCO[N+](=O)[O-])NC(Cl)=C(C(=O)O)N1Cc1ccc(-c2ccccc2-c2nn[nH]n2)cc1. The van der Waals surface area contributed by atoms with Crippen LogP contribution in [-0.2, 0) is 28.3 Å². The van der Waals surface area contributed by atoms with Crippen molar-refractivity contribution >= 4 is 17.6 Å². The number of carboxylic acid groups (broad SMARTS) is 1. The second-order valence-corrected chi connectivity index (χ2v) is 11.1. The van der Waals surface area contributed by atoms with Gasteiger partial charge in [-0.25, -0.2) is 9.59 Å². The number of hydrogen-bond acceptors (Lipinski definition) is 12. The normalized spacial score (nSPS) is 16.1. The molecule has 0 fully saturated rings. The largest absolute Gasteiger partial charge is 0.519 e. The van der Waals surface area contributed by atoms with E-state index in [1.54, 1.807) is 4.90 Å². The van der Waals surface area contributed by atoms with Crippen molar-refractivity contribution in [2.45, 2.75) is 64.1 Å². The zero-order valence-corrected chi connectivity index (χ0v) is 25.7. The van der Waals surface area contributed by atoms with Crippen LogP contribution in [0.15, 0.2) is 73.0 Å². The van der Waals surface area contributed by atoms with E-state index < -0.39 is 22.5 Å². The lowest BCUT2D eigenvalue weighted by Gasteiger charge is -2.39. The zero-order valence-electron chi connectivity index (χ0n) is 24.9. The first-order chi connectivity index (χ1) is 22.2. The van der Waals surface area contributed by atoms with Gasteiger partial charge >= 0.3 is 11.8 Å². The van der Waals surface area contributed by atoms with E-state index in [0.717, 1.165) is 28.7 Å². The summed E-state index contributed by atoms with van der Waals surface area (Å²) < 4.78 is 11.1. The number of nitrogens with zero attached hydrogens (tertiary/aromatic N) is 5. The van der Waals surface area contributed by atoms with Gasteiger partial charge in [0.15, 0.2) is 22.9 Å². The molecule has 0 bridgehead atoms. The minimum atomic E-state index is -1.33. The molecule has 46 heavy (non-hydrogen) atoms. The molecule has 3 N–H and O–H groups in total. The Balaban J connectivity index is 1.46. The van der Waals surface area contributed by atoms with Gasteiger partial charge in [0, 0.05) is 18.5 Å². The van der Waals surface area contributed by atoms with Gasteiger partial charge in [-0.05, 0) is 47.6 Å². The van der Waals surface area contributed by atoms with Crippen LogP contribution in [0.4, 0.5) is 0 Å². The second-order valence-electron chi connectivity index (χ2n) is 10.7. The first-order valence-corrected chi connectivity index (χ1v) is 15.1. The number of H-pyrrole nitrogens is 1. The van der Waals surface area contributed by atoms with Crippen LogP contribution in [0.5, 0.6) is 0 Å². The van der Waals surface area contributed by atoms with Crippen molar-refractivity contribution in [1.29, 1.82) is 0 Å².